The number of anilines is 1. The highest BCUT2D eigenvalue weighted by Crippen LogP contribution is 2.21. The van der Waals surface area contributed by atoms with Gasteiger partial charge in [-0.15, -0.1) is 5.10 Å². The molecular formula is C18H22N4O. The van der Waals surface area contributed by atoms with Crippen LogP contribution in [0.15, 0.2) is 36.4 Å². The van der Waals surface area contributed by atoms with Crippen molar-refractivity contribution in [3.8, 4) is 0 Å². The van der Waals surface area contributed by atoms with Gasteiger partial charge in [0.1, 0.15) is 0 Å². The zero-order valence-electron chi connectivity index (χ0n) is 13.9. The maximum Gasteiger partial charge on any atom is 0.227 e. The summed E-state index contributed by atoms with van der Waals surface area (Å²) in [5, 5.41) is 8.27. The molecule has 0 aliphatic carbocycles. The van der Waals surface area contributed by atoms with Gasteiger partial charge in [0.05, 0.1) is 18.2 Å². The lowest BCUT2D eigenvalue weighted by atomic mass is 10.0. The third kappa shape index (κ3) is 3.50. The number of amides is 1. The van der Waals surface area contributed by atoms with Crippen molar-refractivity contribution < 1.29 is 4.79 Å². The number of aromatic nitrogens is 2. The fourth-order valence-corrected chi connectivity index (χ4v) is 2.77. The van der Waals surface area contributed by atoms with Gasteiger partial charge in [-0.25, -0.2) is 0 Å². The van der Waals surface area contributed by atoms with Gasteiger partial charge >= 0.3 is 0 Å². The van der Waals surface area contributed by atoms with Crippen molar-refractivity contribution in [1.82, 2.24) is 15.1 Å². The van der Waals surface area contributed by atoms with Gasteiger partial charge in [0.15, 0.2) is 5.82 Å². The largest absolute Gasteiger partial charge is 0.351 e. The summed E-state index contributed by atoms with van der Waals surface area (Å²) in [6, 6.07) is 12.3. The Balaban J connectivity index is 1.54. The van der Waals surface area contributed by atoms with Crippen LogP contribution in [0.1, 0.15) is 16.8 Å². The van der Waals surface area contributed by atoms with E-state index in [1.54, 1.807) is 0 Å². The van der Waals surface area contributed by atoms with Gasteiger partial charge in [-0.2, -0.15) is 5.10 Å². The van der Waals surface area contributed by atoms with Crippen molar-refractivity contribution >= 4 is 11.7 Å². The van der Waals surface area contributed by atoms with Gasteiger partial charge in [-0.3, -0.25) is 4.79 Å². The standard InChI is InChI=1S/C18H22N4O/c1-13-5-4-6-15(9-13)10-18(23)21(3)16-11-22(12-16)17-8-7-14(2)19-20-17/h4-9,16H,10-12H2,1-3H3. The Hall–Kier alpha value is -2.43. The second kappa shape index (κ2) is 6.36. The first kappa shape index (κ1) is 15.5. The Morgan fingerprint density at radius 1 is 1.22 bits per heavy atom. The topological polar surface area (TPSA) is 49.3 Å². The van der Waals surface area contributed by atoms with Crippen molar-refractivity contribution in [2.45, 2.75) is 26.3 Å². The number of carbonyl (C=O) groups excluding carboxylic acids is 1. The molecule has 0 radical (unpaired) electrons. The molecule has 5 heteroatoms. The summed E-state index contributed by atoms with van der Waals surface area (Å²) in [5.41, 5.74) is 3.17. The Kier molecular flexibility index (Phi) is 4.28. The molecule has 1 aromatic carbocycles. The minimum absolute atomic E-state index is 0.162. The summed E-state index contributed by atoms with van der Waals surface area (Å²) in [5.74, 6) is 1.04. The van der Waals surface area contributed by atoms with Crippen molar-refractivity contribution in [2.24, 2.45) is 0 Å². The maximum atomic E-state index is 12.4. The first-order valence-electron chi connectivity index (χ1n) is 7.89. The van der Waals surface area contributed by atoms with Gasteiger partial charge in [-0.1, -0.05) is 29.8 Å². The smallest absolute Gasteiger partial charge is 0.227 e. The first-order valence-corrected chi connectivity index (χ1v) is 7.89. The van der Waals surface area contributed by atoms with Crippen LogP contribution in [-0.2, 0) is 11.2 Å². The van der Waals surface area contributed by atoms with E-state index in [-0.39, 0.29) is 11.9 Å². The number of nitrogens with zero attached hydrogens (tertiary/aromatic N) is 4. The van der Waals surface area contributed by atoms with E-state index in [2.05, 4.69) is 21.2 Å². The Bertz CT molecular complexity index is 692. The van der Waals surface area contributed by atoms with Crippen LogP contribution in [0.25, 0.3) is 0 Å². The molecule has 0 spiro atoms. The Labute approximate surface area is 136 Å². The van der Waals surface area contributed by atoms with Crippen LogP contribution >= 0.6 is 0 Å². The minimum Gasteiger partial charge on any atom is -0.351 e. The van der Waals surface area contributed by atoms with Gasteiger partial charge in [0.25, 0.3) is 0 Å². The lowest BCUT2D eigenvalue weighted by Gasteiger charge is -2.44. The molecule has 1 fully saturated rings. The fraction of sp³-hybridized carbons (Fsp3) is 0.389. The van der Waals surface area contributed by atoms with Crippen LogP contribution in [0.5, 0.6) is 0 Å². The van der Waals surface area contributed by atoms with E-state index >= 15 is 0 Å². The summed E-state index contributed by atoms with van der Waals surface area (Å²) >= 11 is 0. The molecule has 120 valence electrons. The molecule has 23 heavy (non-hydrogen) atoms. The highest BCUT2D eigenvalue weighted by Gasteiger charge is 2.33. The Morgan fingerprint density at radius 3 is 2.65 bits per heavy atom. The van der Waals surface area contributed by atoms with Gasteiger partial charge in [0.2, 0.25) is 5.91 Å². The average molecular weight is 310 g/mol. The number of likely N-dealkylation sites (N-methyl/N-ethyl adjacent to an activating group) is 1. The number of aryl methyl sites for hydroxylation is 2. The van der Waals surface area contributed by atoms with Crippen LogP contribution in [0.3, 0.4) is 0 Å². The van der Waals surface area contributed by atoms with E-state index in [4.69, 9.17) is 0 Å². The first-order chi connectivity index (χ1) is 11.0. The van der Waals surface area contributed by atoms with Crippen LogP contribution < -0.4 is 4.90 Å². The SMILES string of the molecule is Cc1cccc(CC(=O)N(C)C2CN(c3ccc(C)nn3)C2)c1. The molecule has 1 aliphatic heterocycles. The van der Waals surface area contributed by atoms with Crippen molar-refractivity contribution in [1.29, 1.82) is 0 Å². The molecule has 2 aromatic rings. The molecule has 1 aromatic heterocycles. The minimum atomic E-state index is 0.162. The van der Waals surface area contributed by atoms with E-state index < -0.39 is 0 Å². The molecule has 0 unspecified atom stereocenters. The highest BCUT2D eigenvalue weighted by atomic mass is 16.2. The average Bonchev–Trinajstić information content (AvgIpc) is 2.47. The fourth-order valence-electron chi connectivity index (χ4n) is 2.77. The molecule has 1 aliphatic rings. The summed E-state index contributed by atoms with van der Waals surface area (Å²) in [6.45, 7) is 5.60. The predicted molar refractivity (Wildman–Crippen MR) is 90.4 cm³/mol. The maximum absolute atomic E-state index is 12.4. The predicted octanol–water partition coefficient (Wildman–Crippen LogP) is 1.98. The number of rotatable bonds is 4. The van der Waals surface area contributed by atoms with Crippen LogP contribution in [0.4, 0.5) is 5.82 Å². The van der Waals surface area contributed by atoms with Gasteiger partial charge in [0, 0.05) is 20.1 Å². The van der Waals surface area contributed by atoms with E-state index in [1.165, 1.54) is 5.56 Å². The normalized spacial score (nSPS) is 14.5. The Morgan fingerprint density at radius 2 is 2.00 bits per heavy atom. The van der Waals surface area contributed by atoms with Gasteiger partial charge < -0.3 is 9.80 Å². The monoisotopic (exact) mass is 310 g/mol. The molecule has 2 heterocycles. The molecule has 0 bridgehead atoms. The van der Waals surface area contributed by atoms with Crippen LogP contribution in [-0.4, -0.2) is 47.2 Å². The quantitative estimate of drug-likeness (QED) is 0.866. The molecule has 3 rings (SSSR count). The second-order valence-corrected chi connectivity index (χ2v) is 6.26. The van der Waals surface area contributed by atoms with Crippen LogP contribution in [0.2, 0.25) is 0 Å². The molecule has 0 saturated carbocycles. The lowest BCUT2D eigenvalue weighted by Crippen LogP contribution is -2.60. The third-order valence-electron chi connectivity index (χ3n) is 4.35. The van der Waals surface area contributed by atoms with E-state index in [1.807, 2.05) is 56.1 Å². The number of hydrogen-bond donors (Lipinski definition) is 0. The molecule has 1 saturated heterocycles. The molecule has 5 nitrogen and oxygen atoms in total. The second-order valence-electron chi connectivity index (χ2n) is 6.26. The molecule has 0 atom stereocenters. The summed E-state index contributed by atoms with van der Waals surface area (Å²) in [6.07, 6.45) is 0.457. The zero-order valence-corrected chi connectivity index (χ0v) is 13.9. The zero-order chi connectivity index (χ0) is 16.4. The molecule has 0 N–H and O–H groups in total. The summed E-state index contributed by atoms with van der Waals surface area (Å²) < 4.78 is 0. The number of hydrogen-bond acceptors (Lipinski definition) is 4. The number of carbonyl (C=O) groups is 1. The van der Waals surface area contributed by atoms with E-state index in [0.717, 1.165) is 30.2 Å². The molecular weight excluding hydrogens is 288 g/mol. The highest BCUT2D eigenvalue weighted by molar-refractivity contribution is 5.79. The third-order valence-corrected chi connectivity index (χ3v) is 4.35. The van der Waals surface area contributed by atoms with Crippen molar-refractivity contribution in [2.75, 3.05) is 25.0 Å². The van der Waals surface area contributed by atoms with E-state index in [9.17, 15) is 4.79 Å². The van der Waals surface area contributed by atoms with Crippen molar-refractivity contribution in [3.63, 3.8) is 0 Å². The summed E-state index contributed by atoms with van der Waals surface area (Å²) in [4.78, 5) is 16.4. The van der Waals surface area contributed by atoms with E-state index in [0.29, 0.717) is 6.42 Å². The molecule has 1 amide bonds. The number of benzene rings is 1. The lowest BCUT2D eigenvalue weighted by molar-refractivity contribution is -0.131. The van der Waals surface area contributed by atoms with Gasteiger partial charge in [-0.05, 0) is 31.5 Å². The summed E-state index contributed by atoms with van der Waals surface area (Å²) in [7, 11) is 1.89. The van der Waals surface area contributed by atoms with Crippen molar-refractivity contribution in [3.05, 3.63) is 53.2 Å². The van der Waals surface area contributed by atoms with Crippen LogP contribution in [0, 0.1) is 13.8 Å².